The van der Waals surface area contributed by atoms with Gasteiger partial charge in [-0.1, -0.05) is 31.6 Å². The number of hydrogen-bond acceptors (Lipinski definition) is 2. The van der Waals surface area contributed by atoms with Crippen LogP contribution in [0.4, 0.5) is 0 Å². The molecule has 17 heavy (non-hydrogen) atoms. The number of rotatable bonds is 0. The summed E-state index contributed by atoms with van der Waals surface area (Å²) in [7, 11) is 0. The van der Waals surface area contributed by atoms with Crippen molar-refractivity contribution in [1.29, 1.82) is 0 Å². The summed E-state index contributed by atoms with van der Waals surface area (Å²) >= 11 is 0. The van der Waals surface area contributed by atoms with Gasteiger partial charge in [0.25, 0.3) is 0 Å². The Morgan fingerprint density at radius 2 is 1.76 bits per heavy atom. The molecule has 4 unspecified atom stereocenters. The van der Waals surface area contributed by atoms with Crippen molar-refractivity contribution in [2.45, 2.75) is 27.7 Å². The van der Waals surface area contributed by atoms with E-state index >= 15 is 0 Å². The second kappa shape index (κ2) is 2.80. The monoisotopic (exact) mass is 230 g/mol. The van der Waals surface area contributed by atoms with Gasteiger partial charge in [-0.25, -0.2) is 0 Å². The predicted octanol–water partition coefficient (Wildman–Crippen LogP) is 2.55. The summed E-state index contributed by atoms with van der Waals surface area (Å²) in [4.78, 5) is 24.6. The SMILES string of the molecule is CC1=CC(=O)C2C(=O)C3(C)C=CC(C)(C)C2C13. The Morgan fingerprint density at radius 1 is 1.12 bits per heavy atom. The molecule has 0 spiro atoms. The maximum absolute atomic E-state index is 12.5. The quantitative estimate of drug-likeness (QED) is 0.473. The fourth-order valence-electron chi connectivity index (χ4n) is 4.23. The van der Waals surface area contributed by atoms with E-state index in [4.69, 9.17) is 0 Å². The number of carbonyl (C=O) groups excluding carboxylic acids is 2. The Balaban J connectivity index is 2.30. The molecule has 0 aromatic carbocycles. The summed E-state index contributed by atoms with van der Waals surface area (Å²) in [5, 5.41) is 0. The molecule has 90 valence electrons. The topological polar surface area (TPSA) is 34.1 Å². The summed E-state index contributed by atoms with van der Waals surface area (Å²) in [5.74, 6) is 0.126. The number of ketones is 2. The first-order valence-electron chi connectivity index (χ1n) is 6.26. The third-order valence-corrected chi connectivity index (χ3v) is 5.06. The molecule has 0 amide bonds. The normalized spacial score (nSPS) is 46.1. The van der Waals surface area contributed by atoms with Crippen LogP contribution in [0.1, 0.15) is 27.7 Å². The fourth-order valence-corrected chi connectivity index (χ4v) is 4.23. The van der Waals surface area contributed by atoms with E-state index in [0.29, 0.717) is 0 Å². The van der Waals surface area contributed by atoms with Gasteiger partial charge in [0.2, 0.25) is 0 Å². The first kappa shape index (κ1) is 10.9. The van der Waals surface area contributed by atoms with Crippen LogP contribution in [0.25, 0.3) is 0 Å². The van der Waals surface area contributed by atoms with Crippen molar-refractivity contribution in [3.63, 3.8) is 0 Å². The molecule has 1 saturated carbocycles. The van der Waals surface area contributed by atoms with Crippen molar-refractivity contribution in [3.05, 3.63) is 23.8 Å². The summed E-state index contributed by atoms with van der Waals surface area (Å²) < 4.78 is 0. The van der Waals surface area contributed by atoms with Crippen molar-refractivity contribution in [1.82, 2.24) is 0 Å². The van der Waals surface area contributed by atoms with Crippen LogP contribution in [0.3, 0.4) is 0 Å². The van der Waals surface area contributed by atoms with Crippen molar-refractivity contribution in [2.24, 2.45) is 28.6 Å². The number of carbonyl (C=O) groups is 2. The molecule has 3 rings (SSSR count). The molecule has 4 bridgehead atoms. The number of allylic oxidation sites excluding steroid dienone is 4. The van der Waals surface area contributed by atoms with E-state index in [0.717, 1.165) is 5.57 Å². The van der Waals surface area contributed by atoms with Crippen LogP contribution in [-0.2, 0) is 9.59 Å². The smallest absolute Gasteiger partial charge is 0.166 e. The highest BCUT2D eigenvalue weighted by Gasteiger charge is 2.65. The molecule has 0 aromatic heterocycles. The van der Waals surface area contributed by atoms with E-state index in [2.05, 4.69) is 19.9 Å². The van der Waals surface area contributed by atoms with Crippen LogP contribution >= 0.6 is 0 Å². The minimum absolute atomic E-state index is 0.0225. The maximum atomic E-state index is 12.5. The molecular weight excluding hydrogens is 212 g/mol. The average molecular weight is 230 g/mol. The van der Waals surface area contributed by atoms with Gasteiger partial charge in [0.05, 0.1) is 11.3 Å². The standard InChI is InChI=1S/C15H18O2/c1-8-7-9(16)10-12-11(8)15(4,13(10)17)6-5-14(12,2)3/h5-7,10-12H,1-4H3. The lowest BCUT2D eigenvalue weighted by molar-refractivity contribution is -0.132. The molecule has 3 aliphatic carbocycles. The Hall–Kier alpha value is -1.18. The lowest BCUT2D eigenvalue weighted by atomic mass is 9.58. The van der Waals surface area contributed by atoms with Gasteiger partial charge in [-0.05, 0) is 31.3 Å². The molecule has 1 fully saturated rings. The summed E-state index contributed by atoms with van der Waals surface area (Å²) in [5.41, 5.74) is 0.575. The van der Waals surface area contributed by atoms with Crippen molar-refractivity contribution >= 4 is 11.6 Å². The lowest BCUT2D eigenvalue weighted by Crippen LogP contribution is -2.41. The Kier molecular flexibility index (Phi) is 1.80. The number of Topliss-reactive ketones (excluding diaryl/α,β-unsaturated/α-hetero) is 1. The molecule has 0 aliphatic heterocycles. The van der Waals surface area contributed by atoms with Crippen LogP contribution < -0.4 is 0 Å². The molecule has 0 radical (unpaired) electrons. The van der Waals surface area contributed by atoms with E-state index in [9.17, 15) is 9.59 Å². The molecule has 0 saturated heterocycles. The average Bonchev–Trinajstić information content (AvgIpc) is 2.38. The van der Waals surface area contributed by atoms with Gasteiger partial charge in [0.15, 0.2) is 11.6 Å². The predicted molar refractivity (Wildman–Crippen MR) is 65.3 cm³/mol. The van der Waals surface area contributed by atoms with Crippen LogP contribution in [-0.4, -0.2) is 11.6 Å². The molecule has 3 aliphatic rings. The first-order chi connectivity index (χ1) is 7.79. The molecule has 0 aromatic rings. The Bertz CT molecular complexity index is 495. The molecule has 2 nitrogen and oxygen atoms in total. The van der Waals surface area contributed by atoms with Gasteiger partial charge in [0.1, 0.15) is 0 Å². The Morgan fingerprint density at radius 3 is 2.41 bits per heavy atom. The van der Waals surface area contributed by atoms with Gasteiger partial charge < -0.3 is 0 Å². The molecule has 0 heterocycles. The van der Waals surface area contributed by atoms with Crippen molar-refractivity contribution in [2.75, 3.05) is 0 Å². The zero-order valence-corrected chi connectivity index (χ0v) is 10.8. The zero-order chi connectivity index (χ0) is 12.6. The van der Waals surface area contributed by atoms with Gasteiger partial charge in [-0.3, -0.25) is 9.59 Å². The van der Waals surface area contributed by atoms with E-state index in [-0.39, 0.29) is 28.8 Å². The highest BCUT2D eigenvalue weighted by Crippen LogP contribution is 2.62. The van der Waals surface area contributed by atoms with E-state index in [1.807, 2.05) is 19.9 Å². The van der Waals surface area contributed by atoms with Gasteiger partial charge in [0, 0.05) is 5.92 Å². The maximum Gasteiger partial charge on any atom is 0.166 e. The summed E-state index contributed by atoms with van der Waals surface area (Å²) in [6, 6.07) is 0. The van der Waals surface area contributed by atoms with E-state index in [1.54, 1.807) is 6.08 Å². The summed E-state index contributed by atoms with van der Waals surface area (Å²) in [6.07, 6.45) is 5.88. The zero-order valence-electron chi connectivity index (χ0n) is 10.8. The van der Waals surface area contributed by atoms with Crippen LogP contribution in [0.5, 0.6) is 0 Å². The third kappa shape index (κ3) is 1.07. The second-order valence-electron chi connectivity index (χ2n) is 6.57. The fraction of sp³-hybridized carbons (Fsp3) is 0.600. The second-order valence-corrected chi connectivity index (χ2v) is 6.57. The van der Waals surface area contributed by atoms with Crippen LogP contribution in [0, 0.1) is 28.6 Å². The molecule has 2 heteroatoms. The Labute approximate surface area is 102 Å². The number of hydrogen-bond donors (Lipinski definition) is 0. The van der Waals surface area contributed by atoms with Gasteiger partial charge >= 0.3 is 0 Å². The van der Waals surface area contributed by atoms with Gasteiger partial charge in [-0.2, -0.15) is 0 Å². The van der Waals surface area contributed by atoms with Crippen molar-refractivity contribution < 1.29 is 9.59 Å². The molecule has 0 N–H and O–H groups in total. The molecular formula is C15H18O2. The molecule has 4 atom stereocenters. The lowest BCUT2D eigenvalue weighted by Gasteiger charge is -2.44. The van der Waals surface area contributed by atoms with Crippen LogP contribution in [0.2, 0.25) is 0 Å². The highest BCUT2D eigenvalue weighted by molar-refractivity contribution is 6.14. The highest BCUT2D eigenvalue weighted by atomic mass is 16.2. The minimum Gasteiger partial charge on any atom is -0.298 e. The third-order valence-electron chi connectivity index (χ3n) is 5.06. The minimum atomic E-state index is -0.447. The summed E-state index contributed by atoms with van der Waals surface area (Å²) in [6.45, 7) is 8.27. The van der Waals surface area contributed by atoms with Crippen LogP contribution in [0.15, 0.2) is 23.8 Å². The van der Waals surface area contributed by atoms with Gasteiger partial charge in [-0.15, -0.1) is 0 Å². The van der Waals surface area contributed by atoms with E-state index in [1.165, 1.54) is 0 Å². The first-order valence-corrected chi connectivity index (χ1v) is 6.26. The van der Waals surface area contributed by atoms with E-state index < -0.39 is 11.3 Å². The van der Waals surface area contributed by atoms with Crippen molar-refractivity contribution in [3.8, 4) is 0 Å². The largest absolute Gasteiger partial charge is 0.298 e.